The number of carbonyl (C=O) groups excluding carboxylic acids is 4. The molecule has 4 amide bonds. The predicted molar refractivity (Wildman–Crippen MR) is 140 cm³/mol. The van der Waals surface area contributed by atoms with Gasteiger partial charge < -0.3 is 9.71 Å². The molecule has 7 nitrogen and oxygen atoms in total. The number of nitrogens with one attached hydrogen (secondary N) is 1. The largest absolute Gasteiger partial charge is 0.389 e. The molecule has 4 atom stereocenters. The minimum absolute atomic E-state index is 0.136. The highest BCUT2D eigenvalue weighted by molar-refractivity contribution is 6.34. The van der Waals surface area contributed by atoms with E-state index in [0.29, 0.717) is 16.7 Å². The molecule has 14 heteroatoms. The minimum Gasteiger partial charge on any atom is -0.389 e. The van der Waals surface area contributed by atoms with Crippen LogP contribution in [0, 0.1) is 0 Å². The van der Waals surface area contributed by atoms with Crippen LogP contribution >= 0.6 is 11.6 Å². The van der Waals surface area contributed by atoms with Crippen LogP contribution in [0.25, 0.3) is 0 Å². The van der Waals surface area contributed by atoms with E-state index in [1.807, 2.05) is 0 Å². The minimum atomic E-state index is -3.75. The van der Waals surface area contributed by atoms with Crippen LogP contribution in [0.5, 0.6) is 0 Å². The van der Waals surface area contributed by atoms with Crippen LogP contribution < -0.4 is 5.32 Å². The number of nitrogens with zero attached hydrogens (tertiary/aromatic N) is 2. The molecular formula is C22H22B4ClF2N3O4. The zero-order chi connectivity index (χ0) is 26.5. The van der Waals surface area contributed by atoms with Crippen molar-refractivity contribution in [2.75, 3.05) is 0 Å². The van der Waals surface area contributed by atoms with E-state index in [1.54, 1.807) is 41.7 Å². The molecule has 36 heavy (non-hydrogen) atoms. The topological polar surface area (TPSA) is 86.8 Å². The van der Waals surface area contributed by atoms with Gasteiger partial charge in [0.25, 0.3) is 11.8 Å². The van der Waals surface area contributed by atoms with Gasteiger partial charge in [0, 0.05) is 34.5 Å². The maximum atomic E-state index is 14.9. The van der Waals surface area contributed by atoms with Crippen molar-refractivity contribution < 1.29 is 28.0 Å². The Bertz CT molecular complexity index is 1270. The van der Waals surface area contributed by atoms with E-state index in [4.69, 9.17) is 11.6 Å². The van der Waals surface area contributed by atoms with Crippen LogP contribution in [-0.2, 0) is 26.9 Å². The number of benzene rings is 2. The number of hydrogen-bond acceptors (Lipinski definition) is 4. The summed E-state index contributed by atoms with van der Waals surface area (Å²) in [5.41, 5.74) is 1.13. The summed E-state index contributed by atoms with van der Waals surface area (Å²) in [5, 5.41) is 2.61. The fraction of sp³-hybridized carbons (Fsp3) is 0.273. The second-order valence-corrected chi connectivity index (χ2v) is 9.91. The van der Waals surface area contributed by atoms with Crippen LogP contribution in [-0.4, -0.2) is 70.9 Å². The third-order valence-corrected chi connectivity index (χ3v) is 7.62. The lowest BCUT2D eigenvalue weighted by atomic mass is 9.60. The number of hydrogen-bond donors (Lipinski definition) is 1. The van der Waals surface area contributed by atoms with E-state index in [-0.39, 0.29) is 29.2 Å². The average molecular weight is 509 g/mol. The molecule has 4 rings (SSSR count). The molecular weight excluding hydrogens is 487 g/mol. The Morgan fingerprint density at radius 3 is 2.39 bits per heavy atom. The quantitative estimate of drug-likeness (QED) is 0.413. The zero-order valence-corrected chi connectivity index (χ0v) is 21.0. The van der Waals surface area contributed by atoms with Gasteiger partial charge in [0.15, 0.2) is 0 Å². The molecule has 4 unspecified atom stereocenters. The normalized spacial score (nSPS) is 22.7. The van der Waals surface area contributed by atoms with Gasteiger partial charge in [0.05, 0.1) is 0 Å². The van der Waals surface area contributed by atoms with Crippen molar-refractivity contribution >= 4 is 66.7 Å². The van der Waals surface area contributed by atoms with Crippen LogP contribution in [0.1, 0.15) is 33.0 Å². The van der Waals surface area contributed by atoms with Gasteiger partial charge in [0.2, 0.25) is 19.8 Å². The van der Waals surface area contributed by atoms with Crippen molar-refractivity contribution in [3.63, 3.8) is 0 Å². The van der Waals surface area contributed by atoms with Crippen LogP contribution in [0.3, 0.4) is 0 Å². The number of amides is 4. The van der Waals surface area contributed by atoms with Gasteiger partial charge in [-0.05, 0) is 35.1 Å². The summed E-state index contributed by atoms with van der Waals surface area (Å²) in [6.45, 7) is 0.136. The standard InChI is InChI=1S/C22H22B4ClF2N3O4/c23-14-15(24)18(33)30-19(34)16(14)31-8-10-7-9(1-6-13(10)20(31)35)17(25)32(26)21(36)22(28,29)11-2-4-12(27)5-3-11/h1-7,14-17H,8,23-26H2,(H,30,33,34). The number of halogens is 3. The maximum Gasteiger partial charge on any atom is 0.348 e. The van der Waals surface area contributed by atoms with E-state index >= 15 is 0 Å². The fourth-order valence-corrected chi connectivity index (χ4v) is 4.86. The molecule has 0 spiro atoms. The Labute approximate surface area is 215 Å². The van der Waals surface area contributed by atoms with Gasteiger partial charge >= 0.3 is 5.92 Å². The molecule has 1 N–H and O–H groups in total. The highest BCUT2D eigenvalue weighted by Crippen LogP contribution is 2.37. The first-order valence-electron chi connectivity index (χ1n) is 11.5. The molecule has 182 valence electrons. The molecule has 0 aliphatic carbocycles. The lowest BCUT2D eigenvalue weighted by Gasteiger charge is -2.38. The summed E-state index contributed by atoms with van der Waals surface area (Å²) in [6, 6.07) is 8.92. The van der Waals surface area contributed by atoms with Gasteiger partial charge in [-0.15, -0.1) is 0 Å². The lowest BCUT2D eigenvalue weighted by Crippen LogP contribution is -2.57. The van der Waals surface area contributed by atoms with Crippen LogP contribution in [0.15, 0.2) is 42.5 Å². The van der Waals surface area contributed by atoms with Crippen LogP contribution in [0.2, 0.25) is 16.7 Å². The molecule has 2 heterocycles. The molecule has 1 fully saturated rings. The molecule has 0 saturated carbocycles. The molecule has 2 aliphatic rings. The first-order valence-corrected chi connectivity index (χ1v) is 11.9. The Kier molecular flexibility index (Phi) is 6.81. The van der Waals surface area contributed by atoms with Gasteiger partial charge in [-0.3, -0.25) is 24.5 Å². The van der Waals surface area contributed by atoms with Gasteiger partial charge in [-0.25, -0.2) is 0 Å². The van der Waals surface area contributed by atoms with Gasteiger partial charge in [-0.2, -0.15) is 8.78 Å². The monoisotopic (exact) mass is 509 g/mol. The molecule has 0 aromatic heterocycles. The SMILES string of the molecule is BC1C(=O)NC(=O)C(N2Cc3cc(C(B)N(B)C(=O)C(F)(F)c4ccc(Cl)cc4)ccc3C2=O)C1B. The third-order valence-electron chi connectivity index (χ3n) is 7.37. The second kappa shape index (κ2) is 9.42. The summed E-state index contributed by atoms with van der Waals surface area (Å²) in [5.74, 6) is -7.89. The third kappa shape index (κ3) is 4.34. The number of alkyl halides is 2. The summed E-state index contributed by atoms with van der Waals surface area (Å²) in [4.78, 5) is 52.8. The molecule has 0 radical (unpaired) electrons. The maximum absolute atomic E-state index is 14.9. The number of imide groups is 1. The first kappa shape index (κ1) is 26.0. The number of carbonyl (C=O) groups is 4. The van der Waals surface area contributed by atoms with E-state index < -0.39 is 41.1 Å². The Balaban J connectivity index is 1.55. The van der Waals surface area contributed by atoms with E-state index in [0.717, 1.165) is 16.9 Å². The van der Waals surface area contributed by atoms with Crippen LogP contribution in [0.4, 0.5) is 8.78 Å². The zero-order valence-electron chi connectivity index (χ0n) is 20.2. The highest BCUT2D eigenvalue weighted by Gasteiger charge is 2.46. The Hall–Kier alpha value is -3.07. The number of fused-ring (bicyclic) bond motifs is 1. The van der Waals surface area contributed by atoms with Gasteiger partial charge in [-0.1, -0.05) is 35.9 Å². The Morgan fingerprint density at radius 2 is 1.75 bits per heavy atom. The summed E-state index contributed by atoms with van der Waals surface area (Å²) >= 11 is 5.78. The summed E-state index contributed by atoms with van der Waals surface area (Å²) < 4.78 is 29.8. The Morgan fingerprint density at radius 1 is 1.11 bits per heavy atom. The summed E-state index contributed by atoms with van der Waals surface area (Å²) in [7, 11) is 6.39. The molecule has 1 saturated heterocycles. The molecule has 2 aromatic rings. The summed E-state index contributed by atoms with van der Waals surface area (Å²) in [6.07, 6.45) is 0. The molecule has 0 bridgehead atoms. The van der Waals surface area contributed by atoms with Crippen molar-refractivity contribution in [2.45, 2.75) is 36.1 Å². The van der Waals surface area contributed by atoms with E-state index in [1.165, 1.54) is 25.0 Å². The van der Waals surface area contributed by atoms with Crippen molar-refractivity contribution in [3.8, 4) is 0 Å². The van der Waals surface area contributed by atoms with E-state index in [9.17, 15) is 28.0 Å². The fourth-order valence-electron chi connectivity index (χ4n) is 4.74. The number of piperidine rings is 1. The smallest absolute Gasteiger partial charge is 0.348 e. The number of rotatable bonds is 5. The highest BCUT2D eigenvalue weighted by atomic mass is 35.5. The van der Waals surface area contributed by atoms with Crippen molar-refractivity contribution in [2.24, 2.45) is 0 Å². The van der Waals surface area contributed by atoms with Crippen molar-refractivity contribution in [1.82, 2.24) is 15.0 Å². The van der Waals surface area contributed by atoms with Gasteiger partial charge in [0.1, 0.15) is 29.6 Å². The van der Waals surface area contributed by atoms with Crippen molar-refractivity contribution in [3.05, 3.63) is 69.7 Å². The first-order chi connectivity index (χ1) is 16.8. The van der Waals surface area contributed by atoms with E-state index in [2.05, 4.69) is 5.32 Å². The van der Waals surface area contributed by atoms with Crippen molar-refractivity contribution in [1.29, 1.82) is 0 Å². The second-order valence-electron chi connectivity index (χ2n) is 9.47. The molecule has 2 aliphatic heterocycles. The predicted octanol–water partition coefficient (Wildman–Crippen LogP) is -1.04. The average Bonchev–Trinajstić information content (AvgIpc) is 3.16. The molecule has 2 aromatic carbocycles. The lowest BCUT2D eigenvalue weighted by molar-refractivity contribution is -0.154.